The average Bonchev–Trinajstić information content (AvgIpc) is 3.16. The van der Waals surface area contributed by atoms with Crippen LogP contribution in [0, 0.1) is 0 Å². The van der Waals surface area contributed by atoms with Gasteiger partial charge in [0, 0.05) is 6.42 Å². The predicted molar refractivity (Wildman–Crippen MR) is 239 cm³/mol. The summed E-state index contributed by atoms with van der Waals surface area (Å²) in [5, 5.41) is 24.6. The highest BCUT2D eigenvalue weighted by atomic mass is 31.2. The minimum absolute atomic E-state index is 0.0506. The van der Waals surface area contributed by atoms with Crippen molar-refractivity contribution in [3.8, 4) is 0 Å². The summed E-state index contributed by atoms with van der Waals surface area (Å²) >= 11 is 0. The van der Waals surface area contributed by atoms with Crippen LogP contribution in [0.5, 0.6) is 0 Å². The average molecular weight is 823 g/mol. The SMILES string of the molecule is CC/C=C\C/C=C\C/C=C\C/C=C\CCCCCCCCCCC(=O)NC(COP(=O)([O-])OCC[N+](C)(C)C)C(O)C(O)CCC/C=C/CCCCCCCCC. The zero-order valence-corrected chi connectivity index (χ0v) is 38.0. The van der Waals surface area contributed by atoms with Gasteiger partial charge < -0.3 is 34.0 Å². The number of unbranched alkanes of at least 4 members (excludes halogenated alkanes) is 16. The molecule has 4 atom stereocenters. The van der Waals surface area contributed by atoms with Crippen molar-refractivity contribution in [2.45, 2.75) is 193 Å². The van der Waals surface area contributed by atoms with E-state index in [0.29, 0.717) is 30.3 Å². The quantitative estimate of drug-likeness (QED) is 0.0243. The number of phosphoric ester groups is 1. The molecule has 0 rings (SSSR count). The summed E-state index contributed by atoms with van der Waals surface area (Å²) < 4.78 is 23.1. The Balaban J connectivity index is 4.49. The third-order valence-corrected chi connectivity index (χ3v) is 10.8. The Morgan fingerprint density at radius 2 is 1.11 bits per heavy atom. The predicted octanol–water partition coefficient (Wildman–Crippen LogP) is 11.0. The lowest BCUT2D eigenvalue weighted by atomic mass is 10.0. The number of hydrogen-bond donors (Lipinski definition) is 3. The molecule has 57 heavy (non-hydrogen) atoms. The maximum absolute atomic E-state index is 12.9. The Labute approximate surface area is 350 Å². The maximum Gasteiger partial charge on any atom is 0.268 e. The molecule has 0 radical (unpaired) electrons. The standard InChI is InChI=1S/C47H87N2O7P/c1-6-8-10-12-14-16-18-20-21-22-23-24-25-26-27-28-30-32-34-36-38-40-46(51)48-44(43-56-57(53,54)55-42-41-49(3,4)5)47(52)45(50)39-37-35-33-31-29-19-17-15-13-11-9-7-2/h8,10,14,16,20-21,23-24,31,33,44-45,47,50,52H,6-7,9,11-13,15,17-19,22,25-30,32,34-43H2,1-5H3,(H-,48,51,53,54)/b10-8-,16-14-,21-20-,24-23-,33-31+. The summed E-state index contributed by atoms with van der Waals surface area (Å²) in [6, 6.07) is -1.10. The molecule has 332 valence electrons. The van der Waals surface area contributed by atoms with Gasteiger partial charge in [-0.1, -0.05) is 152 Å². The summed E-state index contributed by atoms with van der Waals surface area (Å²) in [5.41, 5.74) is 0. The Hall–Kier alpha value is -1.84. The van der Waals surface area contributed by atoms with Gasteiger partial charge >= 0.3 is 0 Å². The summed E-state index contributed by atoms with van der Waals surface area (Å²) in [6.45, 7) is 4.27. The summed E-state index contributed by atoms with van der Waals surface area (Å²) in [7, 11) is 1.09. The normalized spacial score (nSPS) is 15.4. The van der Waals surface area contributed by atoms with E-state index in [9.17, 15) is 24.5 Å². The summed E-state index contributed by atoms with van der Waals surface area (Å²) in [5.74, 6) is -0.300. The number of aliphatic hydroxyl groups excluding tert-OH is 2. The fraction of sp³-hybridized carbons (Fsp3) is 0.766. The molecule has 9 nitrogen and oxygen atoms in total. The van der Waals surface area contributed by atoms with Crippen LogP contribution in [0.3, 0.4) is 0 Å². The molecule has 10 heteroatoms. The van der Waals surface area contributed by atoms with E-state index in [1.54, 1.807) is 0 Å². The van der Waals surface area contributed by atoms with E-state index >= 15 is 0 Å². The van der Waals surface area contributed by atoms with Gasteiger partial charge in [0.15, 0.2) is 0 Å². The van der Waals surface area contributed by atoms with Crippen molar-refractivity contribution in [3.05, 3.63) is 60.8 Å². The number of hydrogen-bond acceptors (Lipinski definition) is 7. The summed E-state index contributed by atoms with van der Waals surface area (Å²) in [6.07, 6.45) is 45.4. The number of aliphatic hydroxyl groups is 2. The second-order valence-corrected chi connectivity index (χ2v) is 17.9. The number of quaternary nitrogens is 1. The first-order valence-electron chi connectivity index (χ1n) is 22.7. The topological polar surface area (TPSA) is 128 Å². The van der Waals surface area contributed by atoms with Gasteiger partial charge in [0.1, 0.15) is 19.3 Å². The van der Waals surface area contributed by atoms with Gasteiger partial charge in [-0.15, -0.1) is 0 Å². The second-order valence-electron chi connectivity index (χ2n) is 16.5. The molecule has 0 spiro atoms. The van der Waals surface area contributed by atoms with Crippen LogP contribution in [0.1, 0.15) is 174 Å². The highest BCUT2D eigenvalue weighted by Gasteiger charge is 2.29. The molecule has 1 amide bonds. The second kappa shape index (κ2) is 38.4. The molecule has 3 N–H and O–H groups in total. The lowest BCUT2D eigenvalue weighted by Crippen LogP contribution is -2.51. The van der Waals surface area contributed by atoms with Crippen molar-refractivity contribution in [1.82, 2.24) is 5.32 Å². The number of nitrogens with zero attached hydrogens (tertiary/aromatic N) is 1. The smallest absolute Gasteiger partial charge is 0.268 e. The van der Waals surface area contributed by atoms with E-state index in [1.807, 2.05) is 21.1 Å². The number of carbonyl (C=O) groups is 1. The van der Waals surface area contributed by atoms with Crippen molar-refractivity contribution < 1.29 is 38.0 Å². The van der Waals surface area contributed by atoms with Crippen LogP contribution in [0.25, 0.3) is 0 Å². The van der Waals surface area contributed by atoms with E-state index in [2.05, 4.69) is 79.9 Å². The Bertz CT molecular complexity index is 1130. The number of phosphoric acid groups is 1. The van der Waals surface area contributed by atoms with E-state index < -0.39 is 32.7 Å². The highest BCUT2D eigenvalue weighted by Crippen LogP contribution is 2.38. The largest absolute Gasteiger partial charge is 0.756 e. The number of carbonyl (C=O) groups excluding carboxylic acids is 1. The van der Waals surface area contributed by atoms with Crippen molar-refractivity contribution in [3.63, 3.8) is 0 Å². The minimum atomic E-state index is -4.68. The molecular formula is C47H87N2O7P. The molecule has 0 aliphatic carbocycles. The third kappa shape index (κ3) is 39.4. The molecular weight excluding hydrogens is 735 g/mol. The van der Waals surface area contributed by atoms with Gasteiger partial charge in [0.2, 0.25) is 5.91 Å². The molecule has 0 aromatic rings. The van der Waals surface area contributed by atoms with Crippen LogP contribution in [0.4, 0.5) is 0 Å². The number of amides is 1. The minimum Gasteiger partial charge on any atom is -0.756 e. The molecule has 0 aliphatic heterocycles. The molecule has 0 bridgehead atoms. The molecule has 0 heterocycles. The van der Waals surface area contributed by atoms with Gasteiger partial charge in [-0.05, 0) is 77.0 Å². The lowest BCUT2D eigenvalue weighted by Gasteiger charge is -2.31. The molecule has 0 saturated carbocycles. The monoisotopic (exact) mass is 823 g/mol. The van der Waals surface area contributed by atoms with Crippen molar-refractivity contribution in [1.29, 1.82) is 0 Å². The zero-order valence-electron chi connectivity index (χ0n) is 37.1. The van der Waals surface area contributed by atoms with Crippen LogP contribution >= 0.6 is 7.82 Å². The van der Waals surface area contributed by atoms with E-state index in [0.717, 1.165) is 64.2 Å². The zero-order chi connectivity index (χ0) is 42.3. The number of rotatable bonds is 40. The van der Waals surface area contributed by atoms with Crippen molar-refractivity contribution in [2.24, 2.45) is 0 Å². The van der Waals surface area contributed by atoms with Gasteiger partial charge in [-0.3, -0.25) is 9.36 Å². The molecule has 0 aromatic carbocycles. The number of likely N-dealkylation sites (N-methyl/N-ethyl adjacent to an activating group) is 1. The van der Waals surface area contributed by atoms with Crippen LogP contribution in [-0.4, -0.2) is 79.8 Å². The first-order valence-corrected chi connectivity index (χ1v) is 24.2. The van der Waals surface area contributed by atoms with Gasteiger partial charge in [0.05, 0.1) is 39.9 Å². The highest BCUT2D eigenvalue weighted by molar-refractivity contribution is 7.45. The van der Waals surface area contributed by atoms with Crippen LogP contribution in [0.2, 0.25) is 0 Å². The molecule has 0 saturated heterocycles. The maximum atomic E-state index is 12.9. The lowest BCUT2D eigenvalue weighted by molar-refractivity contribution is -0.870. The Morgan fingerprint density at radius 3 is 1.63 bits per heavy atom. The Kier molecular flexibility index (Phi) is 37.1. The molecule has 4 unspecified atom stereocenters. The van der Waals surface area contributed by atoms with Crippen LogP contribution in [0.15, 0.2) is 60.8 Å². The van der Waals surface area contributed by atoms with Crippen molar-refractivity contribution in [2.75, 3.05) is 40.9 Å². The van der Waals surface area contributed by atoms with Gasteiger partial charge in [-0.2, -0.15) is 0 Å². The summed E-state index contributed by atoms with van der Waals surface area (Å²) in [4.78, 5) is 25.4. The van der Waals surface area contributed by atoms with Crippen LogP contribution in [-0.2, 0) is 18.4 Å². The third-order valence-electron chi connectivity index (χ3n) is 9.83. The molecule has 0 aromatic heterocycles. The number of allylic oxidation sites excluding steroid dienone is 10. The van der Waals surface area contributed by atoms with Crippen molar-refractivity contribution >= 4 is 13.7 Å². The van der Waals surface area contributed by atoms with Gasteiger partial charge in [0.25, 0.3) is 7.82 Å². The van der Waals surface area contributed by atoms with Gasteiger partial charge in [-0.25, -0.2) is 0 Å². The van der Waals surface area contributed by atoms with E-state index in [4.69, 9.17) is 9.05 Å². The molecule has 0 aliphatic rings. The molecule has 0 fully saturated rings. The fourth-order valence-corrected chi connectivity index (χ4v) is 6.91. The fourth-order valence-electron chi connectivity index (χ4n) is 6.18. The van der Waals surface area contributed by atoms with Crippen LogP contribution < -0.4 is 10.2 Å². The van der Waals surface area contributed by atoms with E-state index in [1.165, 1.54) is 70.6 Å². The first-order chi connectivity index (χ1) is 27.4. The van der Waals surface area contributed by atoms with E-state index in [-0.39, 0.29) is 18.9 Å². The first kappa shape index (κ1) is 55.2. The Morgan fingerprint density at radius 1 is 0.649 bits per heavy atom. The number of nitrogens with one attached hydrogen (secondary N) is 1.